The van der Waals surface area contributed by atoms with Gasteiger partial charge in [0.25, 0.3) is 0 Å². The molecule has 3 nitrogen and oxygen atoms in total. The van der Waals surface area contributed by atoms with Crippen molar-refractivity contribution in [2.75, 3.05) is 0 Å². The van der Waals surface area contributed by atoms with Crippen LogP contribution in [0.4, 0.5) is 0 Å². The Bertz CT molecular complexity index is 587. The molecule has 2 rings (SSSR count). The molecule has 0 spiro atoms. The Morgan fingerprint density at radius 3 is 2.78 bits per heavy atom. The summed E-state index contributed by atoms with van der Waals surface area (Å²) >= 11 is 0. The Balaban J connectivity index is 2.17. The highest BCUT2D eigenvalue weighted by molar-refractivity contribution is 5.34. The monoisotopic (exact) mass is 238 g/mol. The maximum atomic E-state index is 10.1. The van der Waals surface area contributed by atoms with Crippen LogP contribution in [-0.2, 0) is 6.42 Å². The number of aliphatic hydroxyl groups is 1. The third kappa shape index (κ3) is 2.93. The summed E-state index contributed by atoms with van der Waals surface area (Å²) in [5.74, 6) is 0. The number of aryl methyl sites for hydroxylation is 1. The third-order valence-corrected chi connectivity index (χ3v) is 2.75. The first-order valence-corrected chi connectivity index (χ1v) is 5.79. The zero-order valence-electron chi connectivity index (χ0n) is 10.2. The van der Waals surface area contributed by atoms with Crippen LogP contribution in [0, 0.1) is 18.3 Å². The Morgan fingerprint density at radius 2 is 2.06 bits per heavy atom. The number of pyridine rings is 1. The lowest BCUT2D eigenvalue weighted by Crippen LogP contribution is -2.04. The Labute approximate surface area is 106 Å². The third-order valence-electron chi connectivity index (χ3n) is 2.75. The highest BCUT2D eigenvalue weighted by atomic mass is 16.3. The van der Waals surface area contributed by atoms with Gasteiger partial charge in [0.05, 0.1) is 17.7 Å². The van der Waals surface area contributed by atoms with Crippen LogP contribution in [0.2, 0.25) is 0 Å². The van der Waals surface area contributed by atoms with Crippen LogP contribution in [0.15, 0.2) is 42.5 Å². The van der Waals surface area contributed by atoms with Crippen molar-refractivity contribution in [3.63, 3.8) is 0 Å². The predicted octanol–water partition coefficient (Wildman–Crippen LogP) is 2.54. The molecule has 0 saturated heterocycles. The van der Waals surface area contributed by atoms with E-state index in [1.54, 1.807) is 18.2 Å². The second-order valence-corrected chi connectivity index (χ2v) is 4.23. The van der Waals surface area contributed by atoms with Crippen LogP contribution in [0.5, 0.6) is 0 Å². The number of hydrogen-bond acceptors (Lipinski definition) is 3. The minimum absolute atomic E-state index is 0.455. The molecule has 0 bridgehead atoms. The van der Waals surface area contributed by atoms with Gasteiger partial charge in [0.15, 0.2) is 0 Å². The van der Waals surface area contributed by atoms with Crippen molar-refractivity contribution in [3.05, 3.63) is 65.0 Å². The minimum atomic E-state index is -0.632. The molecule has 0 aliphatic carbocycles. The lowest BCUT2D eigenvalue weighted by Gasteiger charge is -2.11. The molecule has 90 valence electrons. The molecule has 1 N–H and O–H groups in total. The van der Waals surface area contributed by atoms with E-state index in [2.05, 4.69) is 11.1 Å². The highest BCUT2D eigenvalue weighted by Crippen LogP contribution is 2.18. The molecular formula is C15H14N2O. The maximum absolute atomic E-state index is 10.1. The molecule has 0 aliphatic rings. The summed E-state index contributed by atoms with van der Waals surface area (Å²) in [4.78, 5) is 4.36. The van der Waals surface area contributed by atoms with E-state index in [1.165, 1.54) is 0 Å². The zero-order chi connectivity index (χ0) is 13.0. The van der Waals surface area contributed by atoms with Crippen LogP contribution in [-0.4, -0.2) is 10.1 Å². The van der Waals surface area contributed by atoms with E-state index in [-0.39, 0.29) is 0 Å². The van der Waals surface area contributed by atoms with Crippen LogP contribution < -0.4 is 0 Å². The quantitative estimate of drug-likeness (QED) is 0.894. The van der Waals surface area contributed by atoms with Crippen LogP contribution in [0.1, 0.15) is 28.6 Å². The summed E-state index contributed by atoms with van der Waals surface area (Å²) < 4.78 is 0. The average Bonchev–Trinajstić information content (AvgIpc) is 2.39. The van der Waals surface area contributed by atoms with Gasteiger partial charge in [0.1, 0.15) is 0 Å². The summed E-state index contributed by atoms with van der Waals surface area (Å²) in [6.07, 6.45) is -0.177. The summed E-state index contributed by atoms with van der Waals surface area (Å²) in [7, 11) is 0. The molecular weight excluding hydrogens is 224 g/mol. The second kappa shape index (κ2) is 5.44. The SMILES string of the molecule is Cc1cccc(CC(O)c2cccc(C#N)c2)n1. The van der Waals surface area contributed by atoms with Crippen molar-refractivity contribution in [2.45, 2.75) is 19.4 Å². The van der Waals surface area contributed by atoms with Crippen molar-refractivity contribution in [1.82, 2.24) is 4.98 Å². The van der Waals surface area contributed by atoms with Crippen molar-refractivity contribution in [1.29, 1.82) is 5.26 Å². The first-order chi connectivity index (χ1) is 8.69. The van der Waals surface area contributed by atoms with Crippen LogP contribution in [0.25, 0.3) is 0 Å². The smallest absolute Gasteiger partial charge is 0.0991 e. The normalized spacial score (nSPS) is 11.8. The van der Waals surface area contributed by atoms with Crippen molar-refractivity contribution in [2.24, 2.45) is 0 Å². The van der Waals surface area contributed by atoms with Gasteiger partial charge in [-0.3, -0.25) is 4.98 Å². The van der Waals surface area contributed by atoms with Gasteiger partial charge < -0.3 is 5.11 Å². The van der Waals surface area contributed by atoms with Gasteiger partial charge in [-0.1, -0.05) is 18.2 Å². The summed E-state index contributed by atoms with van der Waals surface area (Å²) in [5, 5.41) is 19.0. The van der Waals surface area contributed by atoms with Gasteiger partial charge in [-0.15, -0.1) is 0 Å². The lowest BCUT2D eigenvalue weighted by molar-refractivity contribution is 0.177. The van der Waals surface area contributed by atoms with Gasteiger partial charge in [-0.2, -0.15) is 5.26 Å². The number of aromatic nitrogens is 1. The van der Waals surface area contributed by atoms with E-state index in [0.29, 0.717) is 12.0 Å². The second-order valence-electron chi connectivity index (χ2n) is 4.23. The summed E-state index contributed by atoms with van der Waals surface area (Å²) in [6.45, 7) is 1.92. The molecule has 1 heterocycles. The fraction of sp³-hybridized carbons (Fsp3) is 0.200. The van der Waals surface area contributed by atoms with Gasteiger partial charge in [0.2, 0.25) is 0 Å². The van der Waals surface area contributed by atoms with E-state index in [9.17, 15) is 5.11 Å². The van der Waals surface area contributed by atoms with Gasteiger partial charge >= 0.3 is 0 Å². The molecule has 18 heavy (non-hydrogen) atoms. The number of rotatable bonds is 3. The molecule has 1 unspecified atom stereocenters. The molecule has 2 aromatic rings. The van der Waals surface area contributed by atoms with E-state index in [1.807, 2.05) is 31.2 Å². The molecule has 0 aliphatic heterocycles. The first-order valence-electron chi connectivity index (χ1n) is 5.79. The predicted molar refractivity (Wildman–Crippen MR) is 68.8 cm³/mol. The van der Waals surface area contributed by atoms with E-state index in [4.69, 9.17) is 5.26 Å². The number of nitriles is 1. The van der Waals surface area contributed by atoms with E-state index in [0.717, 1.165) is 17.0 Å². The molecule has 0 amide bonds. The molecule has 3 heteroatoms. The molecule has 0 saturated carbocycles. The number of aliphatic hydroxyl groups excluding tert-OH is 1. The average molecular weight is 238 g/mol. The summed E-state index contributed by atoms with van der Waals surface area (Å²) in [5.41, 5.74) is 3.09. The van der Waals surface area contributed by atoms with Crippen molar-refractivity contribution in [3.8, 4) is 6.07 Å². The Hall–Kier alpha value is -2.18. The standard InChI is InChI=1S/C15H14N2O/c1-11-4-2-7-14(17-11)9-15(18)13-6-3-5-12(8-13)10-16/h2-8,15,18H,9H2,1H3. The van der Waals surface area contributed by atoms with E-state index < -0.39 is 6.10 Å². The van der Waals surface area contributed by atoms with Gasteiger partial charge in [-0.05, 0) is 36.8 Å². The number of benzene rings is 1. The lowest BCUT2D eigenvalue weighted by atomic mass is 10.0. The van der Waals surface area contributed by atoms with Crippen LogP contribution in [0.3, 0.4) is 0 Å². The molecule has 1 aromatic carbocycles. The van der Waals surface area contributed by atoms with E-state index >= 15 is 0 Å². The largest absolute Gasteiger partial charge is 0.388 e. The Morgan fingerprint density at radius 1 is 1.28 bits per heavy atom. The zero-order valence-corrected chi connectivity index (χ0v) is 10.2. The van der Waals surface area contributed by atoms with Crippen molar-refractivity contribution >= 4 is 0 Å². The van der Waals surface area contributed by atoms with Gasteiger partial charge in [0, 0.05) is 17.8 Å². The molecule has 0 radical (unpaired) electrons. The minimum Gasteiger partial charge on any atom is -0.388 e. The Kier molecular flexibility index (Phi) is 3.71. The van der Waals surface area contributed by atoms with Gasteiger partial charge in [-0.25, -0.2) is 0 Å². The first kappa shape index (κ1) is 12.3. The maximum Gasteiger partial charge on any atom is 0.0991 e. The topological polar surface area (TPSA) is 56.9 Å². The fourth-order valence-electron chi connectivity index (χ4n) is 1.84. The molecule has 0 fully saturated rings. The highest BCUT2D eigenvalue weighted by Gasteiger charge is 2.10. The number of hydrogen-bond donors (Lipinski definition) is 1. The van der Waals surface area contributed by atoms with Crippen LogP contribution >= 0.6 is 0 Å². The molecule has 1 aromatic heterocycles. The number of nitrogens with zero attached hydrogens (tertiary/aromatic N) is 2. The van der Waals surface area contributed by atoms with Crippen molar-refractivity contribution < 1.29 is 5.11 Å². The molecule has 1 atom stereocenters. The fourth-order valence-corrected chi connectivity index (χ4v) is 1.84. The summed E-state index contributed by atoms with van der Waals surface area (Å²) in [6, 6.07) is 14.8.